The van der Waals surface area contributed by atoms with Gasteiger partial charge in [0.15, 0.2) is 5.65 Å². The van der Waals surface area contributed by atoms with Crippen molar-refractivity contribution in [2.75, 3.05) is 13.7 Å². The largest absolute Gasteiger partial charge is 0.384 e. The lowest BCUT2D eigenvalue weighted by Crippen LogP contribution is -2.06. The van der Waals surface area contributed by atoms with E-state index in [9.17, 15) is 0 Å². The lowest BCUT2D eigenvalue weighted by Gasteiger charge is -2.11. The van der Waals surface area contributed by atoms with Gasteiger partial charge in [-0.05, 0) is 30.7 Å². The Morgan fingerprint density at radius 1 is 1.15 bits per heavy atom. The van der Waals surface area contributed by atoms with E-state index in [-0.39, 0.29) is 0 Å². The van der Waals surface area contributed by atoms with Crippen LogP contribution in [0.25, 0.3) is 16.9 Å². The maximum absolute atomic E-state index is 5.19. The van der Waals surface area contributed by atoms with Gasteiger partial charge in [-0.25, -0.2) is 9.97 Å². The van der Waals surface area contributed by atoms with Crippen molar-refractivity contribution >= 4 is 11.2 Å². The molecular formula is C16H17N3O. The highest BCUT2D eigenvalue weighted by molar-refractivity contribution is 5.74. The molecule has 0 bridgehead atoms. The van der Waals surface area contributed by atoms with Crippen LogP contribution in [0.2, 0.25) is 0 Å². The number of hydrogen-bond acceptors (Lipinski definition) is 3. The van der Waals surface area contributed by atoms with Gasteiger partial charge in [0, 0.05) is 19.7 Å². The Balaban J connectivity index is 2.23. The standard InChI is InChI=1S/C16H17N3O/c1-12-6-3-4-8-14(12)19-15(9-11-20-2)18-13-7-5-10-17-16(13)19/h3-8,10H,9,11H2,1-2H3. The van der Waals surface area contributed by atoms with Crippen molar-refractivity contribution in [3.05, 3.63) is 54.0 Å². The van der Waals surface area contributed by atoms with E-state index in [0.29, 0.717) is 6.61 Å². The first-order valence-electron chi connectivity index (χ1n) is 6.68. The van der Waals surface area contributed by atoms with Crippen LogP contribution < -0.4 is 0 Å². The molecule has 4 nitrogen and oxygen atoms in total. The number of pyridine rings is 1. The maximum atomic E-state index is 5.19. The van der Waals surface area contributed by atoms with Gasteiger partial charge in [-0.1, -0.05) is 18.2 Å². The summed E-state index contributed by atoms with van der Waals surface area (Å²) in [7, 11) is 1.71. The minimum atomic E-state index is 0.648. The van der Waals surface area contributed by atoms with Crippen molar-refractivity contribution in [1.29, 1.82) is 0 Å². The van der Waals surface area contributed by atoms with Crippen molar-refractivity contribution in [1.82, 2.24) is 14.5 Å². The molecule has 0 saturated carbocycles. The van der Waals surface area contributed by atoms with Gasteiger partial charge in [0.05, 0.1) is 12.3 Å². The van der Waals surface area contributed by atoms with E-state index in [2.05, 4.69) is 33.6 Å². The van der Waals surface area contributed by atoms with E-state index < -0.39 is 0 Å². The van der Waals surface area contributed by atoms with Crippen LogP contribution in [0.4, 0.5) is 0 Å². The highest BCUT2D eigenvalue weighted by Crippen LogP contribution is 2.22. The molecule has 0 N–H and O–H groups in total. The zero-order chi connectivity index (χ0) is 13.9. The average Bonchev–Trinajstić information content (AvgIpc) is 2.84. The van der Waals surface area contributed by atoms with Crippen molar-refractivity contribution in [2.24, 2.45) is 0 Å². The van der Waals surface area contributed by atoms with Crippen molar-refractivity contribution in [3.63, 3.8) is 0 Å². The van der Waals surface area contributed by atoms with Crippen LogP contribution in [0.15, 0.2) is 42.6 Å². The molecule has 0 spiro atoms. The van der Waals surface area contributed by atoms with Gasteiger partial charge in [-0.3, -0.25) is 4.57 Å². The molecule has 0 radical (unpaired) electrons. The highest BCUT2D eigenvalue weighted by atomic mass is 16.5. The van der Waals surface area contributed by atoms with E-state index in [0.717, 1.165) is 29.1 Å². The molecule has 2 aromatic heterocycles. The Morgan fingerprint density at radius 2 is 2.00 bits per heavy atom. The molecule has 3 rings (SSSR count). The number of methoxy groups -OCH3 is 1. The van der Waals surface area contributed by atoms with Gasteiger partial charge in [-0.15, -0.1) is 0 Å². The second-order valence-corrected chi connectivity index (χ2v) is 4.74. The fourth-order valence-corrected chi connectivity index (χ4v) is 2.39. The van der Waals surface area contributed by atoms with Crippen LogP contribution in [0, 0.1) is 6.92 Å². The number of benzene rings is 1. The molecule has 2 heterocycles. The summed E-state index contributed by atoms with van der Waals surface area (Å²) in [5, 5.41) is 0. The molecule has 3 aromatic rings. The lowest BCUT2D eigenvalue weighted by molar-refractivity contribution is 0.200. The Labute approximate surface area is 118 Å². The number of fused-ring (bicyclic) bond motifs is 1. The van der Waals surface area contributed by atoms with Crippen molar-refractivity contribution < 1.29 is 4.74 Å². The number of hydrogen-bond donors (Lipinski definition) is 0. The van der Waals surface area contributed by atoms with Gasteiger partial charge < -0.3 is 4.74 Å². The summed E-state index contributed by atoms with van der Waals surface area (Å²) in [6.45, 7) is 2.75. The predicted octanol–water partition coefficient (Wildman–Crippen LogP) is 2.92. The second-order valence-electron chi connectivity index (χ2n) is 4.74. The molecule has 0 aliphatic carbocycles. The van der Waals surface area contributed by atoms with E-state index in [1.165, 1.54) is 5.56 Å². The van der Waals surface area contributed by atoms with E-state index in [1.54, 1.807) is 13.3 Å². The smallest absolute Gasteiger partial charge is 0.164 e. The minimum Gasteiger partial charge on any atom is -0.384 e. The van der Waals surface area contributed by atoms with E-state index in [4.69, 9.17) is 4.74 Å². The number of rotatable bonds is 4. The van der Waals surface area contributed by atoms with E-state index in [1.807, 2.05) is 24.3 Å². The SMILES string of the molecule is COCCc1nc2cccnc2n1-c1ccccc1C. The Kier molecular flexibility index (Phi) is 3.48. The monoisotopic (exact) mass is 267 g/mol. The summed E-state index contributed by atoms with van der Waals surface area (Å²) in [5.41, 5.74) is 4.14. The summed E-state index contributed by atoms with van der Waals surface area (Å²) >= 11 is 0. The normalized spacial score (nSPS) is 11.1. The van der Waals surface area contributed by atoms with Crippen LogP contribution in [0.5, 0.6) is 0 Å². The van der Waals surface area contributed by atoms with Crippen LogP contribution in [0.1, 0.15) is 11.4 Å². The number of imidazole rings is 1. The molecule has 0 unspecified atom stereocenters. The Morgan fingerprint density at radius 3 is 2.80 bits per heavy atom. The molecular weight excluding hydrogens is 250 g/mol. The zero-order valence-electron chi connectivity index (χ0n) is 11.7. The number of ether oxygens (including phenoxy) is 1. The first kappa shape index (κ1) is 12.8. The summed E-state index contributed by atoms with van der Waals surface area (Å²) < 4.78 is 7.32. The Bertz CT molecular complexity index is 733. The summed E-state index contributed by atoms with van der Waals surface area (Å²) in [6, 6.07) is 12.2. The van der Waals surface area contributed by atoms with Gasteiger partial charge in [0.25, 0.3) is 0 Å². The average molecular weight is 267 g/mol. The molecule has 4 heteroatoms. The molecule has 1 aromatic carbocycles. The predicted molar refractivity (Wildman–Crippen MR) is 79.2 cm³/mol. The summed E-state index contributed by atoms with van der Waals surface area (Å²) in [4.78, 5) is 9.18. The number of aromatic nitrogens is 3. The molecule has 0 fully saturated rings. The third kappa shape index (κ3) is 2.18. The third-order valence-corrected chi connectivity index (χ3v) is 3.37. The molecule has 0 aliphatic heterocycles. The summed E-state index contributed by atoms with van der Waals surface area (Å²) in [6.07, 6.45) is 2.57. The van der Waals surface area contributed by atoms with Crippen LogP contribution in [0.3, 0.4) is 0 Å². The minimum absolute atomic E-state index is 0.648. The number of aryl methyl sites for hydroxylation is 1. The van der Waals surface area contributed by atoms with Gasteiger partial charge in [-0.2, -0.15) is 0 Å². The Hall–Kier alpha value is -2.20. The van der Waals surface area contributed by atoms with Crippen LogP contribution in [-0.4, -0.2) is 28.3 Å². The fraction of sp³-hybridized carbons (Fsp3) is 0.250. The van der Waals surface area contributed by atoms with Crippen molar-refractivity contribution in [3.8, 4) is 5.69 Å². The summed E-state index contributed by atoms with van der Waals surface area (Å²) in [5.74, 6) is 0.981. The third-order valence-electron chi connectivity index (χ3n) is 3.37. The lowest BCUT2D eigenvalue weighted by atomic mass is 10.2. The molecule has 0 aliphatic rings. The molecule has 0 atom stereocenters. The number of para-hydroxylation sites is 1. The molecule has 102 valence electrons. The topological polar surface area (TPSA) is 39.9 Å². The van der Waals surface area contributed by atoms with Gasteiger partial charge in [0.2, 0.25) is 0 Å². The van der Waals surface area contributed by atoms with Crippen molar-refractivity contribution in [2.45, 2.75) is 13.3 Å². The first-order chi connectivity index (χ1) is 9.81. The molecule has 20 heavy (non-hydrogen) atoms. The van der Waals surface area contributed by atoms with Crippen LogP contribution in [-0.2, 0) is 11.2 Å². The quantitative estimate of drug-likeness (QED) is 0.729. The van der Waals surface area contributed by atoms with Gasteiger partial charge >= 0.3 is 0 Å². The highest BCUT2D eigenvalue weighted by Gasteiger charge is 2.14. The van der Waals surface area contributed by atoms with Crippen LogP contribution >= 0.6 is 0 Å². The molecule has 0 saturated heterocycles. The first-order valence-corrected chi connectivity index (χ1v) is 6.68. The second kappa shape index (κ2) is 5.43. The molecule has 0 amide bonds. The number of nitrogens with zero attached hydrogens (tertiary/aromatic N) is 3. The maximum Gasteiger partial charge on any atom is 0.164 e. The fourth-order valence-electron chi connectivity index (χ4n) is 2.39. The van der Waals surface area contributed by atoms with E-state index >= 15 is 0 Å². The zero-order valence-corrected chi connectivity index (χ0v) is 11.7. The van der Waals surface area contributed by atoms with Gasteiger partial charge in [0.1, 0.15) is 11.3 Å².